The fraction of sp³-hybridized carbons (Fsp3) is 0.190. The Morgan fingerprint density at radius 2 is 1.52 bits per heavy atom. The van der Waals surface area contributed by atoms with Crippen molar-refractivity contribution in [2.45, 2.75) is 13.8 Å². The van der Waals surface area contributed by atoms with Crippen LogP contribution < -0.4 is 4.90 Å². The Labute approximate surface area is 138 Å². The Kier molecular flexibility index (Phi) is 4.16. The lowest BCUT2D eigenvalue weighted by Crippen LogP contribution is -2.07. The summed E-state index contributed by atoms with van der Waals surface area (Å²) in [5, 5.41) is 1.24. The summed E-state index contributed by atoms with van der Waals surface area (Å²) in [6.07, 6.45) is 6.24. The summed E-state index contributed by atoms with van der Waals surface area (Å²) in [5.41, 5.74) is 7.20. The van der Waals surface area contributed by atoms with Crippen LogP contribution in [-0.2, 0) is 0 Å². The molecule has 0 unspecified atom stereocenters. The number of rotatable bonds is 3. The highest BCUT2D eigenvalue weighted by Crippen LogP contribution is 2.25. The molecule has 0 saturated heterocycles. The van der Waals surface area contributed by atoms with Crippen LogP contribution in [-0.4, -0.2) is 19.1 Å². The highest BCUT2D eigenvalue weighted by molar-refractivity contribution is 5.94. The van der Waals surface area contributed by atoms with Crippen LogP contribution in [0, 0.1) is 13.8 Å². The van der Waals surface area contributed by atoms with Gasteiger partial charge < -0.3 is 4.90 Å². The highest BCUT2D eigenvalue weighted by Gasteiger charge is 2.05. The fourth-order valence-electron chi connectivity index (χ4n) is 2.81. The van der Waals surface area contributed by atoms with Crippen molar-refractivity contribution in [2.75, 3.05) is 19.0 Å². The number of hydrogen-bond acceptors (Lipinski definition) is 2. The Morgan fingerprint density at radius 3 is 2.22 bits per heavy atom. The number of hydrogen-bond donors (Lipinski definition) is 0. The zero-order valence-corrected chi connectivity index (χ0v) is 14.2. The number of fused-ring (bicyclic) bond motifs is 1. The van der Waals surface area contributed by atoms with E-state index in [9.17, 15) is 0 Å². The standard InChI is InChI=1S/C21H22N2/c1-15-5-6-16(2)21-20(15)18(13-14-22-21)10-7-17-8-11-19(12-9-17)23(3)4/h5-14H,1-4H3/b10-7-. The number of aromatic nitrogens is 1. The zero-order valence-electron chi connectivity index (χ0n) is 14.2. The Balaban J connectivity index is 1.99. The molecule has 116 valence electrons. The predicted octanol–water partition coefficient (Wildman–Crippen LogP) is 5.09. The summed E-state index contributed by atoms with van der Waals surface area (Å²) in [6, 6.07) is 15.0. The van der Waals surface area contributed by atoms with E-state index in [4.69, 9.17) is 0 Å². The summed E-state index contributed by atoms with van der Waals surface area (Å²) < 4.78 is 0. The number of benzene rings is 2. The lowest BCUT2D eigenvalue weighted by molar-refractivity contribution is 1.13. The van der Waals surface area contributed by atoms with Crippen molar-refractivity contribution in [3.05, 3.63) is 70.9 Å². The predicted molar refractivity (Wildman–Crippen MR) is 101 cm³/mol. The second-order valence-electron chi connectivity index (χ2n) is 6.14. The molecule has 0 saturated carbocycles. The van der Waals surface area contributed by atoms with Crippen LogP contribution in [0.5, 0.6) is 0 Å². The van der Waals surface area contributed by atoms with E-state index in [1.165, 1.54) is 33.3 Å². The van der Waals surface area contributed by atoms with Gasteiger partial charge in [-0.25, -0.2) is 0 Å². The monoisotopic (exact) mass is 302 g/mol. The third kappa shape index (κ3) is 3.11. The Bertz CT molecular complexity index is 859. The first kappa shape index (κ1) is 15.3. The van der Waals surface area contributed by atoms with Gasteiger partial charge in [0.05, 0.1) is 5.52 Å². The van der Waals surface area contributed by atoms with Crippen molar-refractivity contribution in [1.82, 2.24) is 4.98 Å². The van der Waals surface area contributed by atoms with Crippen LogP contribution in [0.2, 0.25) is 0 Å². The summed E-state index contributed by atoms with van der Waals surface area (Å²) in [5.74, 6) is 0. The van der Waals surface area contributed by atoms with Crippen molar-refractivity contribution in [3.8, 4) is 0 Å². The lowest BCUT2D eigenvalue weighted by atomic mass is 10.00. The molecule has 1 heterocycles. The Hall–Kier alpha value is -2.61. The average Bonchev–Trinajstić information content (AvgIpc) is 2.56. The third-order valence-corrected chi connectivity index (χ3v) is 4.20. The molecule has 0 atom stereocenters. The smallest absolute Gasteiger partial charge is 0.0739 e. The minimum absolute atomic E-state index is 1.09. The second-order valence-corrected chi connectivity index (χ2v) is 6.14. The number of aryl methyl sites for hydroxylation is 2. The zero-order chi connectivity index (χ0) is 16.4. The van der Waals surface area contributed by atoms with Crippen LogP contribution in [0.3, 0.4) is 0 Å². The van der Waals surface area contributed by atoms with E-state index in [2.05, 4.69) is 92.4 Å². The van der Waals surface area contributed by atoms with Crippen LogP contribution in [0.25, 0.3) is 23.1 Å². The van der Waals surface area contributed by atoms with Gasteiger partial charge in [0.25, 0.3) is 0 Å². The minimum atomic E-state index is 1.09. The van der Waals surface area contributed by atoms with E-state index in [-0.39, 0.29) is 0 Å². The third-order valence-electron chi connectivity index (χ3n) is 4.20. The maximum atomic E-state index is 4.55. The summed E-state index contributed by atoms with van der Waals surface area (Å²) >= 11 is 0. The molecule has 0 fully saturated rings. The van der Waals surface area contributed by atoms with Crippen LogP contribution >= 0.6 is 0 Å². The normalized spacial score (nSPS) is 11.3. The van der Waals surface area contributed by atoms with Gasteiger partial charge in [-0.1, -0.05) is 36.4 Å². The second kappa shape index (κ2) is 6.25. The van der Waals surface area contributed by atoms with Crippen LogP contribution in [0.4, 0.5) is 5.69 Å². The van der Waals surface area contributed by atoms with E-state index in [1.54, 1.807) is 0 Å². The SMILES string of the molecule is Cc1ccc(C)c2c(/C=C\c3ccc(N(C)C)cc3)ccnc12. The first-order valence-corrected chi connectivity index (χ1v) is 7.86. The summed E-state index contributed by atoms with van der Waals surface area (Å²) in [6.45, 7) is 4.26. The average molecular weight is 302 g/mol. The van der Waals surface area contributed by atoms with Crippen molar-refractivity contribution in [1.29, 1.82) is 0 Å². The molecule has 2 nitrogen and oxygen atoms in total. The molecule has 2 aromatic carbocycles. The van der Waals surface area contributed by atoms with Crippen LogP contribution in [0.15, 0.2) is 48.7 Å². The van der Waals surface area contributed by atoms with E-state index in [0.717, 1.165) is 5.52 Å². The van der Waals surface area contributed by atoms with Gasteiger partial charge in [-0.3, -0.25) is 4.98 Å². The van der Waals surface area contributed by atoms with Gasteiger partial charge in [-0.15, -0.1) is 0 Å². The highest BCUT2D eigenvalue weighted by atomic mass is 15.1. The summed E-state index contributed by atoms with van der Waals surface area (Å²) in [4.78, 5) is 6.66. The quantitative estimate of drug-likeness (QED) is 0.670. The van der Waals surface area contributed by atoms with Gasteiger partial charge in [-0.2, -0.15) is 0 Å². The first-order valence-electron chi connectivity index (χ1n) is 7.86. The largest absolute Gasteiger partial charge is 0.378 e. The van der Waals surface area contributed by atoms with E-state index < -0.39 is 0 Å². The minimum Gasteiger partial charge on any atom is -0.378 e. The van der Waals surface area contributed by atoms with Gasteiger partial charge in [0.2, 0.25) is 0 Å². The van der Waals surface area contributed by atoms with Gasteiger partial charge in [0, 0.05) is 31.4 Å². The number of pyridine rings is 1. The number of anilines is 1. The van der Waals surface area contributed by atoms with Crippen molar-refractivity contribution >= 4 is 28.7 Å². The van der Waals surface area contributed by atoms with Crippen molar-refractivity contribution in [3.63, 3.8) is 0 Å². The molecule has 23 heavy (non-hydrogen) atoms. The molecule has 0 amide bonds. The lowest BCUT2D eigenvalue weighted by Gasteiger charge is -2.11. The van der Waals surface area contributed by atoms with Gasteiger partial charge in [-0.05, 0) is 54.3 Å². The van der Waals surface area contributed by atoms with Gasteiger partial charge in [0.1, 0.15) is 0 Å². The first-order chi connectivity index (χ1) is 11.1. The Morgan fingerprint density at radius 1 is 0.826 bits per heavy atom. The van der Waals surface area contributed by atoms with Gasteiger partial charge in [0.15, 0.2) is 0 Å². The van der Waals surface area contributed by atoms with E-state index in [1.807, 2.05) is 6.20 Å². The summed E-state index contributed by atoms with van der Waals surface area (Å²) in [7, 11) is 4.11. The van der Waals surface area contributed by atoms with Gasteiger partial charge >= 0.3 is 0 Å². The van der Waals surface area contributed by atoms with Crippen LogP contribution in [0.1, 0.15) is 22.3 Å². The number of nitrogens with zero attached hydrogens (tertiary/aromatic N) is 2. The van der Waals surface area contributed by atoms with Crippen molar-refractivity contribution < 1.29 is 0 Å². The molecule has 0 spiro atoms. The van der Waals surface area contributed by atoms with Crippen molar-refractivity contribution in [2.24, 2.45) is 0 Å². The molecule has 0 N–H and O–H groups in total. The van der Waals surface area contributed by atoms with E-state index >= 15 is 0 Å². The topological polar surface area (TPSA) is 16.1 Å². The fourth-order valence-corrected chi connectivity index (χ4v) is 2.81. The molecule has 3 rings (SSSR count). The maximum Gasteiger partial charge on any atom is 0.0739 e. The molecule has 2 heteroatoms. The molecule has 3 aromatic rings. The molecule has 0 bridgehead atoms. The molecule has 0 aliphatic rings. The maximum absolute atomic E-state index is 4.55. The molecular weight excluding hydrogens is 280 g/mol. The molecule has 0 aliphatic carbocycles. The molecule has 1 aromatic heterocycles. The molecular formula is C21H22N2. The molecule has 0 radical (unpaired) electrons. The molecule has 0 aliphatic heterocycles. The van der Waals surface area contributed by atoms with E-state index in [0.29, 0.717) is 0 Å².